The first-order valence-corrected chi connectivity index (χ1v) is 4.87. The lowest BCUT2D eigenvalue weighted by molar-refractivity contribution is 0.340. The van der Waals surface area contributed by atoms with Gasteiger partial charge >= 0.3 is 0 Å². The molecule has 0 aliphatic carbocycles. The molecule has 14 heavy (non-hydrogen) atoms. The van der Waals surface area contributed by atoms with Crippen molar-refractivity contribution in [3.05, 3.63) is 36.9 Å². The highest BCUT2D eigenvalue weighted by molar-refractivity contribution is 5.84. The first-order valence-electron chi connectivity index (χ1n) is 4.87. The maximum atomic E-state index is 5.45. The number of H-pyrrole nitrogens is 1. The van der Waals surface area contributed by atoms with E-state index in [9.17, 15) is 0 Å². The molecule has 0 saturated carbocycles. The minimum atomic E-state index is 0.704. The van der Waals surface area contributed by atoms with Crippen molar-refractivity contribution in [2.75, 3.05) is 6.61 Å². The highest BCUT2D eigenvalue weighted by Crippen LogP contribution is 2.23. The number of benzene rings is 1. The Morgan fingerprint density at radius 3 is 3.00 bits per heavy atom. The van der Waals surface area contributed by atoms with Crippen LogP contribution in [0, 0.1) is 6.92 Å². The minimum Gasteiger partial charge on any atom is -0.494 e. The molecule has 0 fully saturated rings. The van der Waals surface area contributed by atoms with E-state index in [4.69, 9.17) is 4.74 Å². The summed E-state index contributed by atoms with van der Waals surface area (Å²) >= 11 is 0. The van der Waals surface area contributed by atoms with Crippen molar-refractivity contribution in [1.82, 2.24) is 4.98 Å². The Hall–Kier alpha value is -1.44. The molecule has 0 bridgehead atoms. The number of aromatic nitrogens is 1. The maximum absolute atomic E-state index is 5.45. The number of rotatable bonds is 3. The van der Waals surface area contributed by atoms with E-state index in [0.717, 1.165) is 17.7 Å². The molecule has 0 unspecified atom stereocenters. The second-order valence-electron chi connectivity index (χ2n) is 3.20. The molecule has 0 spiro atoms. The predicted octanol–water partition coefficient (Wildman–Crippen LogP) is 2.94. The molecule has 2 heteroatoms. The molecule has 2 nitrogen and oxygen atoms in total. The fourth-order valence-corrected chi connectivity index (χ4v) is 1.62. The van der Waals surface area contributed by atoms with Crippen LogP contribution >= 0.6 is 0 Å². The first-order chi connectivity index (χ1) is 6.85. The standard InChI is InChI=1S/C12H14NO/c1-3-9-8-13-12-6-5-10(14-4-2)7-11(9)12/h5-8,13H,1,3-4H2,2H3. The Balaban J connectivity index is 2.50. The van der Waals surface area contributed by atoms with E-state index in [1.165, 1.54) is 10.9 Å². The van der Waals surface area contributed by atoms with Crippen LogP contribution in [0.4, 0.5) is 0 Å². The molecule has 0 saturated heterocycles. The van der Waals surface area contributed by atoms with Gasteiger partial charge in [0.05, 0.1) is 6.61 Å². The van der Waals surface area contributed by atoms with Crippen LogP contribution in [0.5, 0.6) is 5.75 Å². The van der Waals surface area contributed by atoms with E-state index >= 15 is 0 Å². The van der Waals surface area contributed by atoms with Crippen molar-refractivity contribution in [2.45, 2.75) is 13.3 Å². The van der Waals surface area contributed by atoms with Crippen LogP contribution in [-0.2, 0) is 6.42 Å². The average Bonchev–Trinajstić information content (AvgIpc) is 2.60. The van der Waals surface area contributed by atoms with E-state index in [1.807, 2.05) is 25.3 Å². The van der Waals surface area contributed by atoms with Gasteiger partial charge in [0.2, 0.25) is 0 Å². The Labute approximate surface area is 83.9 Å². The summed E-state index contributed by atoms with van der Waals surface area (Å²) in [5.41, 5.74) is 2.38. The van der Waals surface area contributed by atoms with E-state index in [1.54, 1.807) is 0 Å². The van der Waals surface area contributed by atoms with Crippen molar-refractivity contribution in [2.24, 2.45) is 0 Å². The number of fused-ring (bicyclic) bond motifs is 1. The normalized spacial score (nSPS) is 10.7. The smallest absolute Gasteiger partial charge is 0.120 e. The van der Waals surface area contributed by atoms with Gasteiger partial charge in [-0.1, -0.05) is 0 Å². The molecule has 1 aromatic heterocycles. The predicted molar refractivity (Wildman–Crippen MR) is 58.5 cm³/mol. The molecule has 1 aromatic carbocycles. The van der Waals surface area contributed by atoms with Crippen LogP contribution < -0.4 is 4.74 Å². The zero-order valence-corrected chi connectivity index (χ0v) is 8.34. The molecular formula is C12H14NO. The Morgan fingerprint density at radius 1 is 1.43 bits per heavy atom. The molecule has 73 valence electrons. The molecule has 2 rings (SSSR count). The molecule has 0 amide bonds. The molecule has 2 aromatic rings. The van der Waals surface area contributed by atoms with Crippen LogP contribution in [0.3, 0.4) is 0 Å². The Kier molecular flexibility index (Phi) is 2.44. The molecule has 0 aliphatic heterocycles. The lowest BCUT2D eigenvalue weighted by Gasteiger charge is -2.02. The third-order valence-corrected chi connectivity index (χ3v) is 2.32. The second kappa shape index (κ2) is 3.74. The molecule has 1 N–H and O–H groups in total. The van der Waals surface area contributed by atoms with Crippen LogP contribution in [-0.4, -0.2) is 11.6 Å². The lowest BCUT2D eigenvalue weighted by atomic mass is 10.1. The average molecular weight is 188 g/mol. The first kappa shape index (κ1) is 9.13. The summed E-state index contributed by atoms with van der Waals surface area (Å²) in [5, 5.41) is 1.21. The van der Waals surface area contributed by atoms with Crippen LogP contribution in [0.2, 0.25) is 0 Å². The van der Waals surface area contributed by atoms with Crippen molar-refractivity contribution in [3.8, 4) is 5.75 Å². The van der Waals surface area contributed by atoms with Gasteiger partial charge in [0.1, 0.15) is 5.75 Å². The third kappa shape index (κ3) is 1.48. The van der Waals surface area contributed by atoms with Gasteiger partial charge in [-0.05, 0) is 44.0 Å². The van der Waals surface area contributed by atoms with Gasteiger partial charge in [0.15, 0.2) is 0 Å². The fourth-order valence-electron chi connectivity index (χ4n) is 1.62. The van der Waals surface area contributed by atoms with Gasteiger partial charge in [-0.15, -0.1) is 0 Å². The van der Waals surface area contributed by atoms with Gasteiger partial charge in [0.25, 0.3) is 0 Å². The van der Waals surface area contributed by atoms with Crippen molar-refractivity contribution in [1.29, 1.82) is 0 Å². The molecule has 1 heterocycles. The lowest BCUT2D eigenvalue weighted by Crippen LogP contribution is -1.90. The maximum Gasteiger partial charge on any atom is 0.120 e. The van der Waals surface area contributed by atoms with Crippen molar-refractivity contribution >= 4 is 10.9 Å². The summed E-state index contributed by atoms with van der Waals surface area (Å²) in [7, 11) is 0. The van der Waals surface area contributed by atoms with Crippen molar-refractivity contribution < 1.29 is 4.74 Å². The zero-order valence-electron chi connectivity index (χ0n) is 8.34. The summed E-state index contributed by atoms with van der Waals surface area (Å²) in [6.45, 7) is 6.59. The SMILES string of the molecule is [CH2]Cc1c[nH]c2ccc(OCC)cc12. The molecule has 1 radical (unpaired) electrons. The van der Waals surface area contributed by atoms with Crippen LogP contribution in [0.15, 0.2) is 24.4 Å². The molecule has 0 atom stereocenters. The van der Waals surface area contributed by atoms with E-state index in [0.29, 0.717) is 6.61 Å². The fraction of sp³-hybridized carbons (Fsp3) is 0.250. The topological polar surface area (TPSA) is 25.0 Å². The van der Waals surface area contributed by atoms with Crippen molar-refractivity contribution in [3.63, 3.8) is 0 Å². The largest absolute Gasteiger partial charge is 0.494 e. The summed E-state index contributed by atoms with van der Waals surface area (Å²) in [6, 6.07) is 6.09. The van der Waals surface area contributed by atoms with Gasteiger partial charge < -0.3 is 9.72 Å². The van der Waals surface area contributed by atoms with Gasteiger partial charge in [-0.25, -0.2) is 0 Å². The van der Waals surface area contributed by atoms with Crippen LogP contribution in [0.25, 0.3) is 10.9 Å². The van der Waals surface area contributed by atoms with Gasteiger partial charge in [-0.3, -0.25) is 0 Å². The highest BCUT2D eigenvalue weighted by Gasteiger charge is 2.02. The van der Waals surface area contributed by atoms with E-state index < -0.39 is 0 Å². The Bertz CT molecular complexity index is 431. The van der Waals surface area contributed by atoms with E-state index in [-0.39, 0.29) is 0 Å². The number of ether oxygens (including phenoxy) is 1. The molecule has 0 aliphatic rings. The third-order valence-electron chi connectivity index (χ3n) is 2.32. The number of hydrogen-bond donors (Lipinski definition) is 1. The van der Waals surface area contributed by atoms with E-state index in [2.05, 4.69) is 18.0 Å². The number of hydrogen-bond acceptors (Lipinski definition) is 1. The Morgan fingerprint density at radius 2 is 2.29 bits per heavy atom. The number of nitrogens with one attached hydrogen (secondary N) is 1. The highest BCUT2D eigenvalue weighted by atomic mass is 16.5. The summed E-state index contributed by atoms with van der Waals surface area (Å²) in [6.07, 6.45) is 2.81. The van der Waals surface area contributed by atoms with Gasteiger partial charge in [-0.2, -0.15) is 0 Å². The number of aromatic amines is 1. The quantitative estimate of drug-likeness (QED) is 0.787. The van der Waals surface area contributed by atoms with Gasteiger partial charge in [0, 0.05) is 17.1 Å². The summed E-state index contributed by atoms with van der Waals surface area (Å²) in [5.74, 6) is 0.925. The summed E-state index contributed by atoms with van der Waals surface area (Å²) < 4.78 is 5.45. The minimum absolute atomic E-state index is 0.704. The zero-order chi connectivity index (χ0) is 9.97. The summed E-state index contributed by atoms with van der Waals surface area (Å²) in [4.78, 5) is 3.21. The van der Waals surface area contributed by atoms with Crippen LogP contribution in [0.1, 0.15) is 12.5 Å². The molecular weight excluding hydrogens is 174 g/mol. The monoisotopic (exact) mass is 188 g/mol. The second-order valence-corrected chi connectivity index (χ2v) is 3.20.